The summed E-state index contributed by atoms with van der Waals surface area (Å²) < 4.78 is 49.3. The van der Waals surface area contributed by atoms with Crippen molar-refractivity contribution in [3.63, 3.8) is 0 Å². The predicted molar refractivity (Wildman–Crippen MR) is 131 cm³/mol. The van der Waals surface area contributed by atoms with Crippen molar-refractivity contribution in [2.45, 2.75) is 55.9 Å². The Morgan fingerprint density at radius 1 is 1.17 bits per heavy atom. The summed E-state index contributed by atoms with van der Waals surface area (Å²) in [5, 5.41) is 11.2. The van der Waals surface area contributed by atoms with Crippen molar-refractivity contribution in [1.82, 2.24) is 9.62 Å². The molecule has 2 aliphatic rings. The van der Waals surface area contributed by atoms with E-state index in [0.29, 0.717) is 44.5 Å². The summed E-state index contributed by atoms with van der Waals surface area (Å²) in [5.41, 5.74) is 0.607. The lowest BCUT2D eigenvalue weighted by molar-refractivity contribution is -0.130. The molecule has 2 aromatic rings. The molecule has 2 unspecified atom stereocenters. The highest BCUT2D eigenvalue weighted by atomic mass is 32.2. The van der Waals surface area contributed by atoms with Gasteiger partial charge in [0.25, 0.3) is 0 Å². The molecule has 2 atom stereocenters. The van der Waals surface area contributed by atoms with Gasteiger partial charge in [-0.2, -0.15) is 4.31 Å². The Morgan fingerprint density at radius 2 is 1.89 bits per heavy atom. The Bertz CT molecular complexity index is 1140. The Morgan fingerprint density at radius 3 is 2.54 bits per heavy atom. The summed E-state index contributed by atoms with van der Waals surface area (Å²) >= 11 is 0. The molecule has 2 aliphatic heterocycles. The summed E-state index contributed by atoms with van der Waals surface area (Å²) in [6, 6.07) is 13.6. The number of benzene rings is 2. The summed E-state index contributed by atoms with van der Waals surface area (Å²) in [5.74, 6) is -0.799. The second kappa shape index (κ2) is 10.7. The van der Waals surface area contributed by atoms with Crippen LogP contribution in [0.2, 0.25) is 0 Å². The van der Waals surface area contributed by atoms with Crippen molar-refractivity contribution in [3.8, 4) is 0 Å². The third kappa shape index (κ3) is 5.14. The molecule has 2 saturated heterocycles. The van der Waals surface area contributed by atoms with Crippen molar-refractivity contribution < 1.29 is 27.4 Å². The lowest BCUT2D eigenvalue weighted by atomic mass is 9.73. The highest BCUT2D eigenvalue weighted by molar-refractivity contribution is 7.89. The van der Waals surface area contributed by atoms with Gasteiger partial charge in [-0.1, -0.05) is 42.5 Å². The normalized spacial score (nSPS) is 24.1. The zero-order valence-electron chi connectivity index (χ0n) is 20.0. The SMILES string of the molecule is CC1CCC(c2ccccc2)S(=O)(=O)N1Cc1ccc(C2(C(=O)NCCO)CCOCC2)cc1F. The first-order valence-corrected chi connectivity index (χ1v) is 13.6. The number of hydrogen-bond acceptors (Lipinski definition) is 5. The minimum atomic E-state index is -3.69. The highest BCUT2D eigenvalue weighted by Gasteiger charge is 2.43. The van der Waals surface area contributed by atoms with E-state index in [1.807, 2.05) is 37.3 Å². The van der Waals surface area contributed by atoms with Gasteiger partial charge in [0.2, 0.25) is 15.9 Å². The van der Waals surface area contributed by atoms with Crippen LogP contribution in [0.15, 0.2) is 48.5 Å². The van der Waals surface area contributed by atoms with Gasteiger partial charge in [0.1, 0.15) is 11.1 Å². The number of carbonyl (C=O) groups excluding carboxylic acids is 1. The molecule has 1 amide bonds. The number of carbonyl (C=O) groups is 1. The molecular formula is C26H33FN2O5S. The van der Waals surface area contributed by atoms with Gasteiger partial charge >= 0.3 is 0 Å². The van der Waals surface area contributed by atoms with Gasteiger partial charge in [-0.25, -0.2) is 12.8 Å². The molecule has 190 valence electrons. The van der Waals surface area contributed by atoms with Crippen LogP contribution in [0.25, 0.3) is 0 Å². The number of aliphatic hydroxyl groups excluding tert-OH is 1. The largest absolute Gasteiger partial charge is 0.395 e. The summed E-state index contributed by atoms with van der Waals surface area (Å²) in [4.78, 5) is 13.0. The first-order valence-electron chi connectivity index (χ1n) is 12.1. The van der Waals surface area contributed by atoms with E-state index in [1.165, 1.54) is 10.4 Å². The van der Waals surface area contributed by atoms with Crippen LogP contribution >= 0.6 is 0 Å². The van der Waals surface area contributed by atoms with Crippen molar-refractivity contribution in [3.05, 3.63) is 71.0 Å². The molecule has 0 aliphatic carbocycles. The van der Waals surface area contributed by atoms with Crippen LogP contribution in [0.5, 0.6) is 0 Å². The van der Waals surface area contributed by atoms with Gasteiger partial charge in [0.05, 0.1) is 12.0 Å². The first kappa shape index (κ1) is 25.8. The van der Waals surface area contributed by atoms with Gasteiger partial charge in [-0.05, 0) is 49.8 Å². The molecule has 0 saturated carbocycles. The molecule has 7 nitrogen and oxygen atoms in total. The number of sulfonamides is 1. The molecule has 9 heteroatoms. The van der Waals surface area contributed by atoms with Gasteiger partial charge in [0.15, 0.2) is 0 Å². The smallest absolute Gasteiger partial charge is 0.230 e. The Balaban J connectivity index is 1.61. The Hall–Kier alpha value is -2.33. The topological polar surface area (TPSA) is 95.9 Å². The third-order valence-corrected chi connectivity index (χ3v) is 9.68. The number of halogens is 1. The fraction of sp³-hybridized carbons (Fsp3) is 0.500. The molecule has 0 aromatic heterocycles. The summed E-state index contributed by atoms with van der Waals surface area (Å²) in [6.07, 6.45) is 2.02. The Kier molecular flexibility index (Phi) is 7.90. The van der Waals surface area contributed by atoms with Crippen LogP contribution in [0.3, 0.4) is 0 Å². The van der Waals surface area contributed by atoms with E-state index < -0.39 is 26.5 Å². The minimum Gasteiger partial charge on any atom is -0.395 e. The van der Waals surface area contributed by atoms with Gasteiger partial charge < -0.3 is 15.2 Å². The van der Waals surface area contributed by atoms with Crippen molar-refractivity contribution in [1.29, 1.82) is 0 Å². The van der Waals surface area contributed by atoms with Gasteiger partial charge in [0, 0.05) is 37.9 Å². The van der Waals surface area contributed by atoms with E-state index in [9.17, 15) is 13.2 Å². The zero-order chi connectivity index (χ0) is 25.1. The van der Waals surface area contributed by atoms with Crippen LogP contribution in [-0.2, 0) is 31.5 Å². The maximum absolute atomic E-state index is 15.4. The van der Waals surface area contributed by atoms with Crippen LogP contribution in [-0.4, -0.2) is 56.1 Å². The lowest BCUT2D eigenvalue weighted by Gasteiger charge is -2.38. The molecule has 35 heavy (non-hydrogen) atoms. The molecule has 2 fully saturated rings. The van der Waals surface area contributed by atoms with Crippen LogP contribution in [0, 0.1) is 5.82 Å². The molecule has 2 aromatic carbocycles. The maximum atomic E-state index is 15.4. The van der Waals surface area contributed by atoms with Gasteiger partial charge in [-0.15, -0.1) is 0 Å². The van der Waals surface area contributed by atoms with E-state index in [-0.39, 0.29) is 37.2 Å². The number of ether oxygens (including phenoxy) is 1. The average molecular weight is 505 g/mol. The van der Waals surface area contributed by atoms with Crippen molar-refractivity contribution >= 4 is 15.9 Å². The Labute approximate surface area is 206 Å². The molecule has 2 heterocycles. The van der Waals surface area contributed by atoms with E-state index in [0.717, 1.165) is 5.56 Å². The quantitative estimate of drug-likeness (QED) is 0.604. The van der Waals surface area contributed by atoms with Crippen molar-refractivity contribution in [2.75, 3.05) is 26.4 Å². The number of aliphatic hydroxyl groups is 1. The molecule has 0 bridgehead atoms. The first-order chi connectivity index (χ1) is 16.8. The fourth-order valence-electron chi connectivity index (χ4n) is 5.20. The molecule has 2 N–H and O–H groups in total. The van der Waals surface area contributed by atoms with Gasteiger partial charge in [-0.3, -0.25) is 4.79 Å². The van der Waals surface area contributed by atoms with E-state index >= 15 is 4.39 Å². The fourth-order valence-corrected chi connectivity index (χ4v) is 7.39. The summed E-state index contributed by atoms with van der Waals surface area (Å²) in [7, 11) is -3.69. The molecular weight excluding hydrogens is 471 g/mol. The maximum Gasteiger partial charge on any atom is 0.230 e. The standard InChI is InChI=1S/C26H33FN2O5S/c1-19-7-10-24(20-5-3-2-4-6-20)35(32,33)29(19)18-21-8-9-22(17-23(21)27)26(11-15-34-16-12-26)25(31)28-13-14-30/h2-6,8-9,17,19,24,30H,7,10-16,18H2,1H3,(H,28,31). The van der Waals surface area contributed by atoms with E-state index in [1.54, 1.807) is 12.1 Å². The number of nitrogens with zero attached hydrogens (tertiary/aromatic N) is 1. The van der Waals surface area contributed by atoms with E-state index in [4.69, 9.17) is 9.84 Å². The number of nitrogens with one attached hydrogen (secondary N) is 1. The molecule has 0 spiro atoms. The van der Waals surface area contributed by atoms with Crippen LogP contribution in [0.1, 0.15) is 54.5 Å². The van der Waals surface area contributed by atoms with Crippen LogP contribution < -0.4 is 5.32 Å². The third-order valence-electron chi connectivity index (χ3n) is 7.31. The second-order valence-electron chi connectivity index (χ2n) is 9.40. The monoisotopic (exact) mass is 504 g/mol. The highest BCUT2D eigenvalue weighted by Crippen LogP contribution is 2.39. The van der Waals surface area contributed by atoms with Crippen LogP contribution in [0.4, 0.5) is 4.39 Å². The molecule has 4 rings (SSSR count). The zero-order valence-corrected chi connectivity index (χ0v) is 20.8. The number of hydrogen-bond donors (Lipinski definition) is 2. The predicted octanol–water partition coefficient (Wildman–Crippen LogP) is 3.04. The average Bonchev–Trinajstić information content (AvgIpc) is 2.86. The molecule has 0 radical (unpaired) electrons. The summed E-state index contributed by atoms with van der Waals surface area (Å²) in [6.45, 7) is 2.48. The lowest BCUT2D eigenvalue weighted by Crippen LogP contribution is -2.48. The van der Waals surface area contributed by atoms with E-state index in [2.05, 4.69) is 5.32 Å². The number of rotatable bonds is 7. The van der Waals surface area contributed by atoms with Crippen molar-refractivity contribution in [2.24, 2.45) is 0 Å². The number of amides is 1. The second-order valence-corrected chi connectivity index (χ2v) is 11.5. The minimum absolute atomic E-state index is 0.0637.